The lowest BCUT2D eigenvalue weighted by Gasteiger charge is -2.20. The van der Waals surface area contributed by atoms with Gasteiger partial charge in [0, 0.05) is 6.20 Å². The zero-order valence-corrected chi connectivity index (χ0v) is 12.2. The number of fused-ring (bicyclic) bond motifs is 1. The van der Waals surface area contributed by atoms with Gasteiger partial charge in [-0.2, -0.15) is 0 Å². The monoisotopic (exact) mass is 308 g/mol. The predicted molar refractivity (Wildman–Crippen MR) is 77.2 cm³/mol. The Morgan fingerprint density at radius 3 is 2.71 bits per heavy atom. The second-order valence-electron chi connectivity index (χ2n) is 5.48. The highest BCUT2D eigenvalue weighted by molar-refractivity contribution is 7.91. The Labute approximate surface area is 122 Å². The van der Waals surface area contributed by atoms with Crippen molar-refractivity contribution in [2.24, 2.45) is 5.92 Å². The molecule has 1 N–H and O–H groups in total. The summed E-state index contributed by atoms with van der Waals surface area (Å²) < 4.78 is 24.4. The van der Waals surface area contributed by atoms with E-state index in [1.165, 1.54) is 6.07 Å². The maximum Gasteiger partial charge on any atom is 0.352 e. The van der Waals surface area contributed by atoms with E-state index in [1.54, 1.807) is 22.7 Å². The van der Waals surface area contributed by atoms with E-state index in [1.807, 2.05) is 0 Å². The summed E-state index contributed by atoms with van der Waals surface area (Å²) >= 11 is 0. The number of hydrogen-bond acceptors (Lipinski definition) is 4. The van der Waals surface area contributed by atoms with Gasteiger partial charge in [0.2, 0.25) is 0 Å². The van der Waals surface area contributed by atoms with Crippen LogP contribution in [0.3, 0.4) is 0 Å². The summed E-state index contributed by atoms with van der Waals surface area (Å²) in [4.78, 5) is 15.6. The highest BCUT2D eigenvalue weighted by Crippen LogP contribution is 2.23. The summed E-state index contributed by atoms with van der Waals surface area (Å²) in [5.41, 5.74) is 1.60. The zero-order chi connectivity index (χ0) is 15.0. The van der Waals surface area contributed by atoms with Crippen molar-refractivity contribution in [2.75, 3.05) is 11.5 Å². The molecule has 2 aromatic rings. The molecule has 3 rings (SSSR count). The summed E-state index contributed by atoms with van der Waals surface area (Å²) in [5, 5.41) is 9.16. The van der Waals surface area contributed by atoms with Gasteiger partial charge in [0.25, 0.3) is 0 Å². The van der Waals surface area contributed by atoms with E-state index in [-0.39, 0.29) is 17.2 Å². The number of hydrogen-bond donors (Lipinski definition) is 1. The van der Waals surface area contributed by atoms with E-state index < -0.39 is 15.8 Å². The number of sulfone groups is 1. The van der Waals surface area contributed by atoms with Crippen LogP contribution in [0.2, 0.25) is 0 Å². The first-order valence-corrected chi connectivity index (χ1v) is 8.67. The van der Waals surface area contributed by atoms with Gasteiger partial charge in [0.05, 0.1) is 17.2 Å². The summed E-state index contributed by atoms with van der Waals surface area (Å²) in [5.74, 6) is -0.211. The molecule has 6 nitrogen and oxygen atoms in total. The predicted octanol–water partition coefficient (Wildman–Crippen LogP) is 1.40. The molecule has 1 aliphatic rings. The summed E-state index contributed by atoms with van der Waals surface area (Å²) in [6, 6.07) is 4.97. The van der Waals surface area contributed by atoms with Gasteiger partial charge in [-0.05, 0) is 37.3 Å². The van der Waals surface area contributed by atoms with E-state index >= 15 is 0 Å². The van der Waals surface area contributed by atoms with Crippen LogP contribution in [0.5, 0.6) is 0 Å². The summed E-state index contributed by atoms with van der Waals surface area (Å²) in [6.45, 7) is 0. The van der Waals surface area contributed by atoms with Gasteiger partial charge in [-0.1, -0.05) is 6.07 Å². The molecule has 21 heavy (non-hydrogen) atoms. The number of aromatic carboxylic acids is 1. The normalized spacial score (nSPS) is 18.9. The third-order valence-corrected chi connectivity index (χ3v) is 5.65. The molecule has 0 bridgehead atoms. The van der Waals surface area contributed by atoms with Crippen LogP contribution in [-0.2, 0) is 16.3 Å². The molecular formula is C14H16N2O4S. The third kappa shape index (κ3) is 2.92. The minimum Gasteiger partial charge on any atom is -0.477 e. The topological polar surface area (TPSA) is 88.7 Å². The molecule has 0 aliphatic carbocycles. The van der Waals surface area contributed by atoms with Crippen LogP contribution in [0.1, 0.15) is 29.0 Å². The minimum absolute atomic E-state index is 0.178. The fourth-order valence-electron chi connectivity index (χ4n) is 2.77. The Morgan fingerprint density at radius 2 is 2.05 bits per heavy atom. The molecule has 2 aromatic heterocycles. The van der Waals surface area contributed by atoms with Crippen LogP contribution in [-0.4, -0.2) is 40.4 Å². The number of pyridine rings is 1. The molecule has 0 atom stereocenters. The Hall–Kier alpha value is -1.89. The van der Waals surface area contributed by atoms with E-state index in [0.717, 1.165) is 5.69 Å². The first kappa shape index (κ1) is 14.1. The number of carboxylic acids is 1. The summed E-state index contributed by atoms with van der Waals surface area (Å²) in [7, 11) is -2.85. The van der Waals surface area contributed by atoms with Gasteiger partial charge in [-0.15, -0.1) is 0 Å². The molecule has 0 radical (unpaired) electrons. The molecular weight excluding hydrogens is 292 g/mol. The van der Waals surface area contributed by atoms with Crippen molar-refractivity contribution in [3.05, 3.63) is 35.8 Å². The van der Waals surface area contributed by atoms with Gasteiger partial charge < -0.3 is 5.11 Å². The third-order valence-electron chi connectivity index (χ3n) is 3.93. The Morgan fingerprint density at radius 1 is 1.33 bits per heavy atom. The van der Waals surface area contributed by atoms with Crippen LogP contribution in [0, 0.1) is 5.92 Å². The van der Waals surface area contributed by atoms with Crippen LogP contribution in [0.15, 0.2) is 24.4 Å². The molecule has 0 aromatic carbocycles. The molecule has 1 aliphatic heterocycles. The molecule has 1 fully saturated rings. The first-order valence-electron chi connectivity index (χ1n) is 6.85. The fourth-order valence-corrected chi connectivity index (χ4v) is 4.36. The largest absolute Gasteiger partial charge is 0.477 e. The minimum atomic E-state index is -2.85. The van der Waals surface area contributed by atoms with Crippen LogP contribution in [0.4, 0.5) is 0 Å². The standard InChI is InChI=1S/C14H16N2O4S/c17-14(18)12-2-1-3-13-15-11(9-16(12)13)8-10-4-6-21(19,20)7-5-10/h1-3,9-10H,4-8H2,(H,17,18). The van der Waals surface area contributed by atoms with Gasteiger partial charge in [0.15, 0.2) is 0 Å². The lowest BCUT2D eigenvalue weighted by atomic mass is 9.97. The van der Waals surface area contributed by atoms with Crippen LogP contribution >= 0.6 is 0 Å². The molecule has 0 amide bonds. The number of nitrogens with zero attached hydrogens (tertiary/aromatic N) is 2. The number of aromatic nitrogens is 2. The van der Waals surface area contributed by atoms with Gasteiger partial charge >= 0.3 is 5.97 Å². The van der Waals surface area contributed by atoms with Crippen LogP contribution in [0.25, 0.3) is 5.65 Å². The van der Waals surface area contributed by atoms with Crippen molar-refractivity contribution in [1.29, 1.82) is 0 Å². The molecule has 0 unspecified atom stereocenters. The van der Waals surface area contributed by atoms with Crippen molar-refractivity contribution in [1.82, 2.24) is 9.38 Å². The molecule has 0 saturated carbocycles. The van der Waals surface area contributed by atoms with Crippen LogP contribution < -0.4 is 0 Å². The number of carboxylic acid groups (broad SMARTS) is 1. The second kappa shape index (κ2) is 5.14. The number of rotatable bonds is 3. The Balaban J connectivity index is 1.82. The average Bonchev–Trinajstić information content (AvgIpc) is 2.83. The van der Waals surface area contributed by atoms with Crippen molar-refractivity contribution in [3.63, 3.8) is 0 Å². The van der Waals surface area contributed by atoms with E-state index in [2.05, 4.69) is 4.98 Å². The average molecular weight is 308 g/mol. The van der Waals surface area contributed by atoms with E-state index in [0.29, 0.717) is 30.8 Å². The molecule has 3 heterocycles. The molecule has 0 spiro atoms. The molecule has 7 heteroatoms. The van der Waals surface area contributed by atoms with Crippen molar-refractivity contribution >= 4 is 21.5 Å². The number of carbonyl (C=O) groups is 1. The van der Waals surface area contributed by atoms with E-state index in [4.69, 9.17) is 5.11 Å². The highest BCUT2D eigenvalue weighted by atomic mass is 32.2. The summed E-state index contributed by atoms with van der Waals surface area (Å²) in [6.07, 6.45) is 3.74. The lowest BCUT2D eigenvalue weighted by Crippen LogP contribution is -2.24. The van der Waals surface area contributed by atoms with Crippen molar-refractivity contribution in [3.8, 4) is 0 Å². The van der Waals surface area contributed by atoms with E-state index in [9.17, 15) is 13.2 Å². The Kier molecular flexibility index (Phi) is 3.44. The second-order valence-corrected chi connectivity index (χ2v) is 7.78. The maximum absolute atomic E-state index is 11.4. The van der Waals surface area contributed by atoms with Gasteiger partial charge in [-0.25, -0.2) is 18.2 Å². The Bertz CT molecular complexity index is 780. The SMILES string of the molecule is O=C(O)c1cccc2nc(CC3CCS(=O)(=O)CC3)cn12. The van der Waals surface area contributed by atoms with Gasteiger partial charge in [0.1, 0.15) is 21.2 Å². The zero-order valence-electron chi connectivity index (χ0n) is 11.4. The quantitative estimate of drug-likeness (QED) is 0.926. The number of imidazole rings is 1. The van der Waals surface area contributed by atoms with Crippen molar-refractivity contribution < 1.29 is 18.3 Å². The highest BCUT2D eigenvalue weighted by Gasteiger charge is 2.24. The van der Waals surface area contributed by atoms with Crippen molar-refractivity contribution in [2.45, 2.75) is 19.3 Å². The molecule has 1 saturated heterocycles. The smallest absolute Gasteiger partial charge is 0.352 e. The maximum atomic E-state index is 11.4. The first-order chi connectivity index (χ1) is 9.94. The van der Waals surface area contributed by atoms with Gasteiger partial charge in [-0.3, -0.25) is 4.40 Å². The fraction of sp³-hybridized carbons (Fsp3) is 0.429. The lowest BCUT2D eigenvalue weighted by molar-refractivity contribution is 0.0689. The molecule has 112 valence electrons.